The van der Waals surface area contributed by atoms with E-state index in [0.717, 1.165) is 31.2 Å². The number of rotatable bonds is 5. The third-order valence-corrected chi connectivity index (χ3v) is 5.72. The van der Waals surface area contributed by atoms with Gasteiger partial charge in [0, 0.05) is 12.6 Å². The molecule has 0 bridgehead atoms. The fraction of sp³-hybridized carbons (Fsp3) is 0.571. The van der Waals surface area contributed by atoms with E-state index in [2.05, 4.69) is 0 Å². The Kier molecular flexibility index (Phi) is 4.60. The van der Waals surface area contributed by atoms with Gasteiger partial charge in [-0.3, -0.25) is 0 Å². The fourth-order valence-electron chi connectivity index (χ4n) is 2.53. The smallest absolute Gasteiger partial charge is 0.243 e. The molecule has 0 aliphatic carbocycles. The molecular weight excluding hydrogens is 260 g/mol. The van der Waals surface area contributed by atoms with Gasteiger partial charge in [-0.1, -0.05) is 12.1 Å². The largest absolute Gasteiger partial charge is 0.330 e. The zero-order valence-electron chi connectivity index (χ0n) is 11.4. The van der Waals surface area contributed by atoms with E-state index in [4.69, 9.17) is 5.73 Å². The van der Waals surface area contributed by atoms with Crippen molar-refractivity contribution in [2.45, 2.75) is 43.5 Å². The lowest BCUT2D eigenvalue weighted by Gasteiger charge is -2.21. The number of aryl methyl sites for hydroxylation is 1. The highest BCUT2D eigenvalue weighted by Gasteiger charge is 2.32. The van der Waals surface area contributed by atoms with Crippen molar-refractivity contribution in [2.24, 2.45) is 5.73 Å². The molecule has 0 radical (unpaired) electrons. The Balaban J connectivity index is 2.16. The molecule has 1 aliphatic rings. The summed E-state index contributed by atoms with van der Waals surface area (Å²) in [5, 5.41) is 0. The maximum Gasteiger partial charge on any atom is 0.243 e. The van der Waals surface area contributed by atoms with Crippen LogP contribution in [0, 0.1) is 0 Å². The molecule has 19 heavy (non-hydrogen) atoms. The molecule has 1 unspecified atom stereocenters. The van der Waals surface area contributed by atoms with Crippen molar-refractivity contribution in [1.82, 2.24) is 4.31 Å². The first-order valence-corrected chi connectivity index (χ1v) is 8.30. The lowest BCUT2D eigenvalue weighted by Crippen LogP contribution is -2.33. The summed E-state index contributed by atoms with van der Waals surface area (Å²) in [5.41, 5.74) is 6.61. The number of benzene rings is 1. The molecule has 2 N–H and O–H groups in total. The third-order valence-electron chi connectivity index (χ3n) is 3.69. The van der Waals surface area contributed by atoms with Crippen molar-refractivity contribution in [1.29, 1.82) is 0 Å². The quantitative estimate of drug-likeness (QED) is 0.895. The maximum absolute atomic E-state index is 12.5. The molecule has 1 atom stereocenters. The number of hydrogen-bond donors (Lipinski definition) is 1. The standard InChI is InChI=1S/C14H22N2O2S/c1-12-4-3-11-16(12)19(17,18)14-8-6-13(7-9-14)5-2-10-15/h6-9,12H,2-5,10-11,15H2,1H3. The molecule has 1 aromatic carbocycles. The molecule has 0 saturated carbocycles. The van der Waals surface area contributed by atoms with Gasteiger partial charge in [0.05, 0.1) is 4.90 Å². The molecule has 1 aliphatic heterocycles. The van der Waals surface area contributed by atoms with Crippen LogP contribution in [-0.2, 0) is 16.4 Å². The minimum Gasteiger partial charge on any atom is -0.330 e. The van der Waals surface area contributed by atoms with E-state index >= 15 is 0 Å². The Labute approximate surface area is 115 Å². The lowest BCUT2D eigenvalue weighted by molar-refractivity contribution is 0.408. The van der Waals surface area contributed by atoms with Gasteiger partial charge in [-0.25, -0.2) is 8.42 Å². The Hall–Kier alpha value is -0.910. The Bertz CT molecular complexity index is 511. The number of hydrogen-bond acceptors (Lipinski definition) is 3. The minimum atomic E-state index is -3.32. The van der Waals surface area contributed by atoms with Gasteiger partial charge in [0.1, 0.15) is 0 Å². The average molecular weight is 282 g/mol. The molecule has 1 aromatic rings. The summed E-state index contributed by atoms with van der Waals surface area (Å²) in [7, 11) is -3.32. The summed E-state index contributed by atoms with van der Waals surface area (Å²) >= 11 is 0. The van der Waals surface area contributed by atoms with Gasteiger partial charge in [-0.2, -0.15) is 4.31 Å². The van der Waals surface area contributed by atoms with Crippen LogP contribution in [0.2, 0.25) is 0 Å². The molecular formula is C14H22N2O2S. The molecule has 1 saturated heterocycles. The predicted molar refractivity (Wildman–Crippen MR) is 76.4 cm³/mol. The summed E-state index contributed by atoms with van der Waals surface area (Å²) < 4.78 is 26.6. The van der Waals surface area contributed by atoms with Crippen LogP contribution in [0.25, 0.3) is 0 Å². The first-order chi connectivity index (χ1) is 9.05. The monoisotopic (exact) mass is 282 g/mol. The molecule has 2 rings (SSSR count). The first-order valence-electron chi connectivity index (χ1n) is 6.86. The highest BCUT2D eigenvalue weighted by atomic mass is 32.2. The van der Waals surface area contributed by atoms with Crippen molar-refractivity contribution in [3.05, 3.63) is 29.8 Å². The molecule has 0 spiro atoms. The van der Waals surface area contributed by atoms with E-state index in [1.807, 2.05) is 19.1 Å². The molecule has 0 amide bonds. The van der Waals surface area contributed by atoms with Crippen LogP contribution in [0.1, 0.15) is 31.7 Å². The van der Waals surface area contributed by atoms with Crippen molar-refractivity contribution in [2.75, 3.05) is 13.1 Å². The summed E-state index contributed by atoms with van der Waals surface area (Å²) in [6, 6.07) is 7.33. The number of nitrogens with zero attached hydrogens (tertiary/aromatic N) is 1. The van der Waals surface area contributed by atoms with Crippen molar-refractivity contribution in [3.8, 4) is 0 Å². The van der Waals surface area contributed by atoms with Crippen LogP contribution in [-0.4, -0.2) is 31.9 Å². The SMILES string of the molecule is CC1CCCN1S(=O)(=O)c1ccc(CCCN)cc1. The van der Waals surface area contributed by atoms with Crippen molar-refractivity contribution < 1.29 is 8.42 Å². The van der Waals surface area contributed by atoms with Gasteiger partial charge in [0.15, 0.2) is 0 Å². The number of nitrogens with two attached hydrogens (primary N) is 1. The summed E-state index contributed by atoms with van der Waals surface area (Å²) in [6.07, 6.45) is 3.73. The van der Waals surface area contributed by atoms with Crippen LogP contribution in [0.3, 0.4) is 0 Å². The minimum absolute atomic E-state index is 0.113. The normalized spacial score (nSPS) is 20.8. The van der Waals surface area contributed by atoms with Crippen molar-refractivity contribution in [3.63, 3.8) is 0 Å². The van der Waals surface area contributed by atoms with E-state index in [0.29, 0.717) is 18.0 Å². The van der Waals surface area contributed by atoms with Gasteiger partial charge in [0.2, 0.25) is 10.0 Å². The second kappa shape index (κ2) is 6.03. The zero-order valence-corrected chi connectivity index (χ0v) is 12.2. The summed E-state index contributed by atoms with van der Waals surface area (Å²) in [6.45, 7) is 3.27. The van der Waals surface area contributed by atoms with Crippen LogP contribution in [0.4, 0.5) is 0 Å². The lowest BCUT2D eigenvalue weighted by atomic mass is 10.1. The van der Waals surface area contributed by atoms with Crippen LogP contribution < -0.4 is 5.73 Å². The van der Waals surface area contributed by atoms with Gasteiger partial charge in [0.25, 0.3) is 0 Å². The van der Waals surface area contributed by atoms with Gasteiger partial charge in [-0.15, -0.1) is 0 Å². The fourth-order valence-corrected chi connectivity index (χ4v) is 4.23. The van der Waals surface area contributed by atoms with E-state index in [1.165, 1.54) is 0 Å². The third kappa shape index (κ3) is 3.16. The van der Waals surface area contributed by atoms with E-state index in [-0.39, 0.29) is 6.04 Å². The predicted octanol–water partition coefficient (Wildman–Crippen LogP) is 1.75. The zero-order chi connectivity index (χ0) is 13.9. The average Bonchev–Trinajstić information content (AvgIpc) is 2.84. The van der Waals surface area contributed by atoms with Gasteiger partial charge >= 0.3 is 0 Å². The summed E-state index contributed by atoms with van der Waals surface area (Å²) in [5.74, 6) is 0. The van der Waals surface area contributed by atoms with Crippen molar-refractivity contribution >= 4 is 10.0 Å². The number of sulfonamides is 1. The topological polar surface area (TPSA) is 63.4 Å². The van der Waals surface area contributed by atoms with Gasteiger partial charge < -0.3 is 5.73 Å². The van der Waals surface area contributed by atoms with E-state index in [9.17, 15) is 8.42 Å². The second-order valence-electron chi connectivity index (χ2n) is 5.14. The van der Waals surface area contributed by atoms with Crippen LogP contribution >= 0.6 is 0 Å². The highest BCUT2D eigenvalue weighted by molar-refractivity contribution is 7.89. The first kappa shape index (κ1) is 14.5. The molecule has 1 heterocycles. The highest BCUT2D eigenvalue weighted by Crippen LogP contribution is 2.25. The van der Waals surface area contributed by atoms with E-state index < -0.39 is 10.0 Å². The van der Waals surface area contributed by atoms with Gasteiger partial charge in [-0.05, 0) is 56.8 Å². The molecule has 106 valence electrons. The second-order valence-corrected chi connectivity index (χ2v) is 7.03. The molecule has 5 heteroatoms. The Morgan fingerprint density at radius 3 is 2.53 bits per heavy atom. The molecule has 1 fully saturated rings. The summed E-state index contributed by atoms with van der Waals surface area (Å²) in [4.78, 5) is 0.401. The molecule has 0 aromatic heterocycles. The van der Waals surface area contributed by atoms with Crippen LogP contribution in [0.5, 0.6) is 0 Å². The molecule has 4 nitrogen and oxygen atoms in total. The Morgan fingerprint density at radius 1 is 1.32 bits per heavy atom. The van der Waals surface area contributed by atoms with Crippen LogP contribution in [0.15, 0.2) is 29.2 Å². The maximum atomic E-state index is 12.5. The Morgan fingerprint density at radius 2 is 2.00 bits per heavy atom. The van der Waals surface area contributed by atoms with E-state index in [1.54, 1.807) is 16.4 Å².